The Balaban J connectivity index is 0.00000220. The quantitative estimate of drug-likeness (QED) is 0.661. The van der Waals surface area contributed by atoms with Gasteiger partial charge < -0.3 is 11.1 Å². The van der Waals surface area contributed by atoms with E-state index < -0.39 is 4.92 Å². The van der Waals surface area contributed by atoms with E-state index in [0.29, 0.717) is 11.1 Å². The molecule has 3 N–H and O–H groups in total. The average Bonchev–Trinajstić information content (AvgIpc) is 2.41. The third kappa shape index (κ3) is 4.41. The molecule has 0 aliphatic heterocycles. The number of amides is 1. The van der Waals surface area contributed by atoms with Crippen molar-refractivity contribution in [1.29, 1.82) is 0 Å². The molecule has 2 rings (SSSR count). The molecule has 0 heterocycles. The summed E-state index contributed by atoms with van der Waals surface area (Å²) in [5, 5.41) is 13.7. The lowest BCUT2D eigenvalue weighted by atomic mass is 9.91. The van der Waals surface area contributed by atoms with E-state index in [1.54, 1.807) is 6.92 Å². The molecular formula is C14H20ClN3O3. The van der Waals surface area contributed by atoms with Crippen LogP contribution in [0.4, 0.5) is 5.69 Å². The van der Waals surface area contributed by atoms with Gasteiger partial charge in [0.1, 0.15) is 0 Å². The lowest BCUT2D eigenvalue weighted by Gasteiger charge is -2.27. The van der Waals surface area contributed by atoms with Gasteiger partial charge >= 0.3 is 0 Å². The van der Waals surface area contributed by atoms with E-state index in [-0.39, 0.29) is 36.1 Å². The number of hydrogen-bond donors (Lipinski definition) is 2. The minimum Gasteiger partial charge on any atom is -0.349 e. The maximum absolute atomic E-state index is 12.2. The topological polar surface area (TPSA) is 98.3 Å². The van der Waals surface area contributed by atoms with E-state index >= 15 is 0 Å². The maximum Gasteiger partial charge on any atom is 0.269 e. The van der Waals surface area contributed by atoms with Crippen LogP contribution in [0.3, 0.4) is 0 Å². The highest BCUT2D eigenvalue weighted by atomic mass is 35.5. The third-order valence-corrected chi connectivity index (χ3v) is 3.77. The fraction of sp³-hybridized carbons (Fsp3) is 0.500. The predicted molar refractivity (Wildman–Crippen MR) is 82.8 cm³/mol. The SMILES string of the molecule is Cc1cc([N+](=O)[O-])ccc1C(=O)NC1CCC(N)CC1.Cl. The molecule has 1 fully saturated rings. The number of hydrogen-bond acceptors (Lipinski definition) is 4. The molecule has 7 heteroatoms. The summed E-state index contributed by atoms with van der Waals surface area (Å²) in [5.41, 5.74) is 6.94. The monoisotopic (exact) mass is 313 g/mol. The molecule has 116 valence electrons. The normalized spacial score (nSPS) is 21.2. The molecule has 0 saturated heterocycles. The van der Waals surface area contributed by atoms with Crippen molar-refractivity contribution < 1.29 is 9.72 Å². The predicted octanol–water partition coefficient (Wildman–Crippen LogP) is 2.32. The van der Waals surface area contributed by atoms with Crippen molar-refractivity contribution in [3.8, 4) is 0 Å². The first-order valence-electron chi connectivity index (χ1n) is 6.79. The van der Waals surface area contributed by atoms with Gasteiger partial charge in [-0.1, -0.05) is 0 Å². The molecule has 1 saturated carbocycles. The maximum atomic E-state index is 12.2. The number of aryl methyl sites for hydroxylation is 1. The highest BCUT2D eigenvalue weighted by Gasteiger charge is 2.21. The standard InChI is InChI=1S/C14H19N3O3.ClH/c1-9-8-12(17(19)20)6-7-13(9)14(18)16-11-4-2-10(15)3-5-11;/h6-8,10-11H,2-5,15H2,1H3,(H,16,18);1H. The largest absolute Gasteiger partial charge is 0.349 e. The summed E-state index contributed by atoms with van der Waals surface area (Å²) in [6, 6.07) is 4.68. The zero-order valence-electron chi connectivity index (χ0n) is 11.9. The second-order valence-corrected chi connectivity index (χ2v) is 5.34. The fourth-order valence-electron chi connectivity index (χ4n) is 2.54. The summed E-state index contributed by atoms with van der Waals surface area (Å²) >= 11 is 0. The number of nitrogens with one attached hydrogen (secondary N) is 1. The molecule has 1 amide bonds. The molecule has 0 unspecified atom stereocenters. The number of benzene rings is 1. The van der Waals surface area contributed by atoms with Crippen molar-refractivity contribution in [3.63, 3.8) is 0 Å². The molecule has 0 radical (unpaired) electrons. The summed E-state index contributed by atoms with van der Waals surface area (Å²) in [4.78, 5) is 22.4. The van der Waals surface area contributed by atoms with Gasteiger partial charge in [-0.25, -0.2) is 0 Å². The summed E-state index contributed by atoms with van der Waals surface area (Å²) in [6.45, 7) is 1.71. The van der Waals surface area contributed by atoms with Crippen molar-refractivity contribution in [1.82, 2.24) is 5.32 Å². The number of nitro groups is 1. The van der Waals surface area contributed by atoms with Crippen LogP contribution in [0.2, 0.25) is 0 Å². The summed E-state index contributed by atoms with van der Waals surface area (Å²) in [5.74, 6) is -0.169. The number of rotatable bonds is 3. The second kappa shape index (κ2) is 7.38. The van der Waals surface area contributed by atoms with E-state index in [1.807, 2.05) is 0 Å². The van der Waals surface area contributed by atoms with Crippen molar-refractivity contribution in [3.05, 3.63) is 39.4 Å². The fourth-order valence-corrected chi connectivity index (χ4v) is 2.54. The van der Waals surface area contributed by atoms with Gasteiger partial charge in [-0.15, -0.1) is 12.4 Å². The Morgan fingerprint density at radius 2 is 1.95 bits per heavy atom. The number of nitrogens with two attached hydrogens (primary N) is 1. The number of nitro benzene ring substituents is 1. The van der Waals surface area contributed by atoms with E-state index in [1.165, 1.54) is 18.2 Å². The molecule has 0 aromatic heterocycles. The van der Waals surface area contributed by atoms with Gasteiger partial charge in [-0.05, 0) is 44.2 Å². The van der Waals surface area contributed by atoms with Crippen molar-refractivity contribution in [2.45, 2.75) is 44.7 Å². The third-order valence-electron chi connectivity index (χ3n) is 3.77. The van der Waals surface area contributed by atoms with E-state index in [9.17, 15) is 14.9 Å². The molecule has 21 heavy (non-hydrogen) atoms. The highest BCUT2D eigenvalue weighted by molar-refractivity contribution is 5.96. The van der Waals surface area contributed by atoms with Crippen molar-refractivity contribution in [2.75, 3.05) is 0 Å². The van der Waals surface area contributed by atoms with Crippen LogP contribution >= 0.6 is 12.4 Å². The van der Waals surface area contributed by atoms with E-state index in [2.05, 4.69) is 5.32 Å². The minimum absolute atomic E-state index is 0. The summed E-state index contributed by atoms with van der Waals surface area (Å²) in [7, 11) is 0. The van der Waals surface area contributed by atoms with Crippen LogP contribution < -0.4 is 11.1 Å². The Morgan fingerprint density at radius 1 is 1.33 bits per heavy atom. The number of carbonyl (C=O) groups is 1. The number of carbonyl (C=O) groups excluding carboxylic acids is 1. The van der Waals surface area contributed by atoms with Crippen molar-refractivity contribution >= 4 is 24.0 Å². The number of halogens is 1. The molecule has 1 aromatic carbocycles. The van der Waals surface area contributed by atoms with Crippen LogP contribution in [0.25, 0.3) is 0 Å². The van der Waals surface area contributed by atoms with Gasteiger partial charge in [-0.2, -0.15) is 0 Å². The summed E-state index contributed by atoms with van der Waals surface area (Å²) in [6.07, 6.45) is 3.62. The molecule has 0 bridgehead atoms. The van der Waals surface area contributed by atoms with Gasteiger partial charge in [0, 0.05) is 29.8 Å². The molecule has 0 atom stereocenters. The van der Waals surface area contributed by atoms with Gasteiger partial charge in [0.2, 0.25) is 0 Å². The van der Waals surface area contributed by atoms with Gasteiger partial charge in [-0.3, -0.25) is 14.9 Å². The van der Waals surface area contributed by atoms with Crippen LogP contribution in [0.15, 0.2) is 18.2 Å². The minimum atomic E-state index is -0.461. The Labute approximate surface area is 129 Å². The molecule has 6 nitrogen and oxygen atoms in total. The zero-order chi connectivity index (χ0) is 14.7. The first-order chi connectivity index (χ1) is 9.47. The Bertz CT molecular complexity index is 528. The van der Waals surface area contributed by atoms with Crippen molar-refractivity contribution in [2.24, 2.45) is 5.73 Å². The van der Waals surface area contributed by atoms with Crippen LogP contribution in [0.5, 0.6) is 0 Å². The molecular weight excluding hydrogens is 294 g/mol. The first kappa shape index (κ1) is 17.4. The van der Waals surface area contributed by atoms with Gasteiger partial charge in [0.05, 0.1) is 4.92 Å². The zero-order valence-corrected chi connectivity index (χ0v) is 12.7. The molecule has 1 aromatic rings. The Kier molecular flexibility index (Phi) is 6.11. The van der Waals surface area contributed by atoms with Crippen LogP contribution in [0.1, 0.15) is 41.6 Å². The Hall–Kier alpha value is -1.66. The van der Waals surface area contributed by atoms with Gasteiger partial charge in [0.15, 0.2) is 0 Å². The number of nitrogens with zero attached hydrogens (tertiary/aromatic N) is 1. The van der Waals surface area contributed by atoms with Gasteiger partial charge in [0.25, 0.3) is 11.6 Å². The molecule has 0 spiro atoms. The van der Waals surface area contributed by atoms with Crippen LogP contribution in [0, 0.1) is 17.0 Å². The Morgan fingerprint density at radius 3 is 2.48 bits per heavy atom. The highest BCUT2D eigenvalue weighted by Crippen LogP contribution is 2.20. The average molecular weight is 314 g/mol. The second-order valence-electron chi connectivity index (χ2n) is 5.34. The first-order valence-corrected chi connectivity index (χ1v) is 6.79. The smallest absolute Gasteiger partial charge is 0.269 e. The van der Waals surface area contributed by atoms with Crippen LogP contribution in [-0.4, -0.2) is 22.9 Å². The number of non-ortho nitro benzene ring substituents is 1. The lowest BCUT2D eigenvalue weighted by Crippen LogP contribution is -2.40. The van der Waals surface area contributed by atoms with Crippen LogP contribution in [-0.2, 0) is 0 Å². The molecule has 1 aliphatic rings. The summed E-state index contributed by atoms with van der Waals surface area (Å²) < 4.78 is 0. The lowest BCUT2D eigenvalue weighted by molar-refractivity contribution is -0.384. The van der Waals surface area contributed by atoms with E-state index in [4.69, 9.17) is 5.73 Å². The van der Waals surface area contributed by atoms with E-state index in [0.717, 1.165) is 25.7 Å². The molecule has 1 aliphatic carbocycles.